The third kappa shape index (κ3) is 26.0. The molecule has 1 amide bonds. The van der Waals surface area contributed by atoms with Gasteiger partial charge in [-0.2, -0.15) is 0 Å². The number of hydrogen-bond donors (Lipinski definition) is 6. The quantitative estimate of drug-likeness (QED) is 0.0279. The van der Waals surface area contributed by atoms with Crippen molar-refractivity contribution in [2.24, 2.45) is 0 Å². The van der Waals surface area contributed by atoms with Gasteiger partial charge >= 0.3 is 0 Å². The van der Waals surface area contributed by atoms with E-state index in [0.29, 0.717) is 6.42 Å². The monoisotopic (exact) mass is 752 g/mol. The van der Waals surface area contributed by atoms with E-state index in [0.717, 1.165) is 51.4 Å². The van der Waals surface area contributed by atoms with Crippen LogP contribution in [0, 0.1) is 0 Å². The minimum absolute atomic E-state index is 0.192. The minimum Gasteiger partial charge on any atom is -0.394 e. The number of aliphatic hydroxyl groups is 5. The fourth-order valence-electron chi connectivity index (χ4n) is 6.66. The normalized spacial score (nSPS) is 22.0. The molecular weight excluding hydrogens is 670 g/mol. The molecule has 0 saturated carbocycles. The molecule has 0 radical (unpaired) electrons. The summed E-state index contributed by atoms with van der Waals surface area (Å²) in [5.74, 6) is -0.192. The molecule has 9 nitrogen and oxygen atoms in total. The van der Waals surface area contributed by atoms with Gasteiger partial charge in [0, 0.05) is 6.42 Å². The van der Waals surface area contributed by atoms with Gasteiger partial charge in [-0.3, -0.25) is 4.79 Å². The highest BCUT2D eigenvalue weighted by atomic mass is 16.7. The maximum absolute atomic E-state index is 12.9. The number of unbranched alkanes of at least 4 members (excludes halogenated alkanes) is 21. The van der Waals surface area contributed by atoms with Gasteiger partial charge in [0.1, 0.15) is 24.4 Å². The van der Waals surface area contributed by atoms with Crippen LogP contribution in [0.5, 0.6) is 0 Å². The molecule has 0 bridgehead atoms. The molecule has 6 N–H and O–H groups in total. The fraction of sp³-hybridized carbons (Fsp3) is 0.841. The Morgan fingerprint density at radius 1 is 0.623 bits per heavy atom. The lowest BCUT2D eigenvalue weighted by Gasteiger charge is -2.40. The zero-order valence-corrected chi connectivity index (χ0v) is 33.8. The van der Waals surface area contributed by atoms with Crippen LogP contribution in [0.15, 0.2) is 36.5 Å². The summed E-state index contributed by atoms with van der Waals surface area (Å²) in [7, 11) is 0. The third-order valence-corrected chi connectivity index (χ3v) is 10.2. The number of carbonyl (C=O) groups is 1. The molecule has 1 heterocycles. The van der Waals surface area contributed by atoms with Crippen molar-refractivity contribution in [1.29, 1.82) is 0 Å². The number of hydrogen-bond acceptors (Lipinski definition) is 8. The summed E-state index contributed by atoms with van der Waals surface area (Å²) in [4.78, 5) is 12.9. The van der Waals surface area contributed by atoms with Crippen LogP contribution in [-0.4, -0.2) is 87.5 Å². The molecule has 9 heteroatoms. The molecule has 0 spiro atoms. The first-order valence-electron chi connectivity index (χ1n) is 21.7. The lowest BCUT2D eigenvalue weighted by molar-refractivity contribution is -0.302. The summed E-state index contributed by atoms with van der Waals surface area (Å²) >= 11 is 0. The van der Waals surface area contributed by atoms with E-state index in [-0.39, 0.29) is 12.5 Å². The van der Waals surface area contributed by atoms with Gasteiger partial charge in [-0.25, -0.2) is 0 Å². The maximum Gasteiger partial charge on any atom is 0.220 e. The number of amides is 1. The second-order valence-electron chi connectivity index (χ2n) is 15.1. The van der Waals surface area contributed by atoms with Crippen LogP contribution in [0.25, 0.3) is 0 Å². The van der Waals surface area contributed by atoms with Crippen LogP contribution in [0.4, 0.5) is 0 Å². The summed E-state index contributed by atoms with van der Waals surface area (Å²) in [5.41, 5.74) is 0. The second kappa shape index (κ2) is 34.9. The van der Waals surface area contributed by atoms with Crippen molar-refractivity contribution >= 4 is 5.91 Å². The van der Waals surface area contributed by atoms with E-state index in [2.05, 4.69) is 43.5 Å². The van der Waals surface area contributed by atoms with Crippen LogP contribution in [0.1, 0.15) is 181 Å². The smallest absolute Gasteiger partial charge is 0.220 e. The molecule has 53 heavy (non-hydrogen) atoms. The molecule has 0 aromatic heterocycles. The van der Waals surface area contributed by atoms with Crippen LogP contribution >= 0.6 is 0 Å². The van der Waals surface area contributed by atoms with E-state index in [1.54, 1.807) is 6.08 Å². The molecule has 1 rings (SSSR count). The van der Waals surface area contributed by atoms with E-state index in [4.69, 9.17) is 9.47 Å². The van der Waals surface area contributed by atoms with E-state index >= 15 is 0 Å². The molecule has 1 saturated heterocycles. The molecule has 7 unspecified atom stereocenters. The summed E-state index contributed by atoms with van der Waals surface area (Å²) in [5, 5.41) is 54.0. The molecule has 7 atom stereocenters. The Bertz CT molecular complexity index is 925. The average molecular weight is 752 g/mol. The Kier molecular flexibility index (Phi) is 32.5. The molecule has 0 aromatic rings. The zero-order chi connectivity index (χ0) is 38.8. The summed E-state index contributed by atoms with van der Waals surface area (Å²) in [6.45, 7) is 3.72. The number of allylic oxidation sites excluding steroid dienone is 5. The molecule has 0 aliphatic carbocycles. The van der Waals surface area contributed by atoms with Crippen molar-refractivity contribution in [2.45, 2.75) is 224 Å². The number of carbonyl (C=O) groups excluding carboxylic acids is 1. The molecule has 1 fully saturated rings. The molecule has 1 aliphatic rings. The van der Waals surface area contributed by atoms with Gasteiger partial charge in [-0.05, 0) is 44.9 Å². The van der Waals surface area contributed by atoms with Crippen LogP contribution in [-0.2, 0) is 14.3 Å². The van der Waals surface area contributed by atoms with Gasteiger partial charge in [0.2, 0.25) is 5.91 Å². The lowest BCUT2D eigenvalue weighted by atomic mass is 9.99. The highest BCUT2D eigenvalue weighted by Crippen LogP contribution is 2.22. The van der Waals surface area contributed by atoms with Crippen molar-refractivity contribution in [3.8, 4) is 0 Å². The highest BCUT2D eigenvalue weighted by Gasteiger charge is 2.44. The van der Waals surface area contributed by atoms with Gasteiger partial charge in [-0.15, -0.1) is 0 Å². The van der Waals surface area contributed by atoms with E-state index in [1.807, 2.05) is 6.08 Å². The van der Waals surface area contributed by atoms with Crippen molar-refractivity contribution in [2.75, 3.05) is 13.2 Å². The zero-order valence-electron chi connectivity index (χ0n) is 33.8. The van der Waals surface area contributed by atoms with Gasteiger partial charge in [0.05, 0.1) is 25.4 Å². The van der Waals surface area contributed by atoms with Crippen molar-refractivity contribution in [1.82, 2.24) is 5.32 Å². The largest absolute Gasteiger partial charge is 0.394 e. The van der Waals surface area contributed by atoms with Gasteiger partial charge in [-0.1, -0.05) is 166 Å². The maximum atomic E-state index is 12.9. The molecule has 1 aliphatic heterocycles. The van der Waals surface area contributed by atoms with E-state index in [9.17, 15) is 30.3 Å². The van der Waals surface area contributed by atoms with Gasteiger partial charge in [0.15, 0.2) is 6.29 Å². The topological polar surface area (TPSA) is 149 Å². The van der Waals surface area contributed by atoms with Crippen LogP contribution in [0.2, 0.25) is 0 Å². The average Bonchev–Trinajstić information content (AvgIpc) is 3.16. The lowest BCUT2D eigenvalue weighted by Crippen LogP contribution is -2.60. The Labute approximate surface area is 323 Å². The third-order valence-electron chi connectivity index (χ3n) is 10.2. The molecule has 0 aromatic carbocycles. The number of rotatable bonds is 35. The summed E-state index contributed by atoms with van der Waals surface area (Å²) in [6, 6.07) is -0.823. The van der Waals surface area contributed by atoms with E-state index in [1.165, 1.54) is 109 Å². The van der Waals surface area contributed by atoms with Crippen LogP contribution in [0.3, 0.4) is 0 Å². The fourth-order valence-corrected chi connectivity index (χ4v) is 6.66. The van der Waals surface area contributed by atoms with Crippen LogP contribution < -0.4 is 5.32 Å². The summed E-state index contributed by atoms with van der Waals surface area (Å²) in [6.07, 6.45) is 34.7. The minimum atomic E-state index is -1.57. The number of ether oxygens (including phenoxy) is 2. The van der Waals surface area contributed by atoms with Crippen molar-refractivity contribution in [3.63, 3.8) is 0 Å². The number of nitrogens with one attached hydrogen (secondary N) is 1. The molecule has 310 valence electrons. The molecular formula is C44H81NO8. The predicted molar refractivity (Wildman–Crippen MR) is 216 cm³/mol. The standard InChI is InChI=1S/C44H81NO8/c1-3-5-7-9-11-13-15-17-19-20-22-24-26-28-30-32-34-40(48)45-37(36-52-44-43(51)42(50)41(49)39(35-46)53-44)38(47)33-31-29-27-25-23-21-18-16-14-12-10-8-6-4-2/h14,16,23,25,31,33,37-39,41-44,46-47,49-51H,3-13,15,17-22,24,26-30,32,34-36H2,1-2H3,(H,45,48)/b16-14+,25-23+,33-31+. The second-order valence-corrected chi connectivity index (χ2v) is 15.1. The Balaban J connectivity index is 2.42. The predicted octanol–water partition coefficient (Wildman–Crippen LogP) is 8.50. The summed E-state index contributed by atoms with van der Waals surface area (Å²) < 4.78 is 11.2. The van der Waals surface area contributed by atoms with E-state index < -0.39 is 49.5 Å². The van der Waals surface area contributed by atoms with Crippen molar-refractivity contribution in [3.05, 3.63) is 36.5 Å². The Hall–Kier alpha value is -1.59. The number of aliphatic hydroxyl groups excluding tert-OH is 5. The first kappa shape index (κ1) is 49.4. The van der Waals surface area contributed by atoms with Gasteiger partial charge in [0.25, 0.3) is 0 Å². The Morgan fingerprint density at radius 3 is 1.58 bits per heavy atom. The van der Waals surface area contributed by atoms with Crippen molar-refractivity contribution < 1.29 is 39.8 Å². The first-order valence-corrected chi connectivity index (χ1v) is 21.7. The first-order chi connectivity index (χ1) is 25.8. The highest BCUT2D eigenvalue weighted by molar-refractivity contribution is 5.76. The Morgan fingerprint density at radius 2 is 1.08 bits per heavy atom. The SMILES string of the molecule is CCCCCC/C=C/CC/C=C/CC/C=C/C(O)C(COC1OC(CO)C(O)C(O)C1O)NC(=O)CCCCCCCCCCCCCCCCCC. The van der Waals surface area contributed by atoms with Gasteiger partial charge < -0.3 is 40.3 Å².